The number of hydrogen-bond donors (Lipinski definition) is 1. The van der Waals surface area contributed by atoms with Crippen molar-refractivity contribution in [2.75, 3.05) is 13.2 Å². The maximum absolute atomic E-state index is 10.6. The van der Waals surface area contributed by atoms with E-state index in [-0.39, 0.29) is 0 Å². The van der Waals surface area contributed by atoms with Gasteiger partial charge >= 0.3 is 12.1 Å². The number of ether oxygens (including phenoxy) is 1. The second kappa shape index (κ2) is 11.1. The van der Waals surface area contributed by atoms with Gasteiger partial charge in [-0.3, -0.25) is 14.6 Å². The van der Waals surface area contributed by atoms with Crippen LogP contribution in [-0.2, 0) is 35.6 Å². The van der Waals surface area contributed by atoms with Crippen molar-refractivity contribution in [3.05, 3.63) is 59.7 Å². The molecule has 0 bridgehead atoms. The average Bonchev–Trinajstić information content (AvgIpc) is 3.07. The smallest absolute Gasteiger partial charge is 0.475 e. The van der Waals surface area contributed by atoms with Gasteiger partial charge in [-0.15, -0.1) is 6.58 Å². The maximum atomic E-state index is 10.6. The molecule has 7 nitrogen and oxygen atoms in total. The third kappa shape index (κ3) is 7.18. The molecular formula is C21H27F3N4O3. The number of nitrogens with zero attached hydrogens (tertiary/aromatic N) is 4. The van der Waals surface area contributed by atoms with Crippen LogP contribution in [0.5, 0.6) is 0 Å². The maximum Gasteiger partial charge on any atom is 0.490 e. The molecule has 1 N–H and O–H groups in total. The standard InChI is InChI=1S/C19H26N4O.C2HF3O2/c1-4-11-24-14-18-17-8-10-22(12-16-7-5-6-9-20-16)13-19(17)23(21-18)15(2)3;3-2(4,5)1(6)7/h4-7,9,15H,1,8,10-14H2,2-3H3;(H,6,7). The summed E-state index contributed by atoms with van der Waals surface area (Å²) in [7, 11) is 0. The summed E-state index contributed by atoms with van der Waals surface area (Å²) in [6.07, 6.45) is -0.430. The van der Waals surface area contributed by atoms with E-state index in [2.05, 4.69) is 41.1 Å². The van der Waals surface area contributed by atoms with Gasteiger partial charge in [0.25, 0.3) is 0 Å². The van der Waals surface area contributed by atoms with Gasteiger partial charge in [-0.25, -0.2) is 4.79 Å². The Morgan fingerprint density at radius 1 is 1.39 bits per heavy atom. The molecule has 2 aromatic heterocycles. The lowest BCUT2D eigenvalue weighted by Crippen LogP contribution is -2.31. The van der Waals surface area contributed by atoms with Gasteiger partial charge in [-0.05, 0) is 32.4 Å². The molecule has 0 unspecified atom stereocenters. The second-order valence-corrected chi connectivity index (χ2v) is 7.30. The zero-order valence-electron chi connectivity index (χ0n) is 17.6. The number of aromatic nitrogens is 3. The molecule has 0 aliphatic carbocycles. The Labute approximate surface area is 179 Å². The highest BCUT2D eigenvalue weighted by Crippen LogP contribution is 2.26. The minimum Gasteiger partial charge on any atom is -0.475 e. The molecule has 0 fully saturated rings. The molecule has 0 aromatic carbocycles. The van der Waals surface area contributed by atoms with Crippen LogP contribution < -0.4 is 0 Å². The van der Waals surface area contributed by atoms with Crippen molar-refractivity contribution in [1.29, 1.82) is 0 Å². The second-order valence-electron chi connectivity index (χ2n) is 7.30. The van der Waals surface area contributed by atoms with Gasteiger partial charge in [0, 0.05) is 37.4 Å². The minimum absolute atomic E-state index is 0.349. The van der Waals surface area contributed by atoms with Gasteiger partial charge in [-0.1, -0.05) is 12.1 Å². The molecule has 0 radical (unpaired) electrons. The molecule has 31 heavy (non-hydrogen) atoms. The zero-order valence-corrected chi connectivity index (χ0v) is 17.6. The number of alkyl halides is 3. The highest BCUT2D eigenvalue weighted by atomic mass is 19.4. The van der Waals surface area contributed by atoms with E-state index in [9.17, 15) is 13.2 Å². The van der Waals surface area contributed by atoms with Crippen molar-refractivity contribution < 1.29 is 27.8 Å². The van der Waals surface area contributed by atoms with E-state index >= 15 is 0 Å². The molecule has 0 saturated heterocycles. The van der Waals surface area contributed by atoms with Gasteiger partial charge < -0.3 is 9.84 Å². The fourth-order valence-electron chi connectivity index (χ4n) is 3.21. The number of carboxylic acids is 1. The summed E-state index contributed by atoms with van der Waals surface area (Å²) in [5.74, 6) is -2.76. The first-order valence-corrected chi connectivity index (χ1v) is 9.83. The molecule has 0 saturated carbocycles. The van der Waals surface area contributed by atoms with Crippen molar-refractivity contribution in [3.8, 4) is 0 Å². The molecular weight excluding hydrogens is 413 g/mol. The molecule has 3 heterocycles. The van der Waals surface area contributed by atoms with E-state index in [0.717, 1.165) is 37.4 Å². The SMILES string of the molecule is C=CCOCc1nn(C(C)C)c2c1CCN(Cc1ccccn1)C2.O=C(O)C(F)(F)F. The molecule has 1 aliphatic heterocycles. The lowest BCUT2D eigenvalue weighted by molar-refractivity contribution is -0.192. The van der Waals surface area contributed by atoms with Crippen molar-refractivity contribution >= 4 is 5.97 Å². The largest absolute Gasteiger partial charge is 0.490 e. The average molecular weight is 440 g/mol. The topological polar surface area (TPSA) is 80.5 Å². The van der Waals surface area contributed by atoms with Gasteiger partial charge in [0.05, 0.1) is 30.3 Å². The van der Waals surface area contributed by atoms with Gasteiger partial charge in [-0.2, -0.15) is 18.3 Å². The van der Waals surface area contributed by atoms with E-state index in [4.69, 9.17) is 19.7 Å². The summed E-state index contributed by atoms with van der Waals surface area (Å²) < 4.78 is 39.5. The van der Waals surface area contributed by atoms with Gasteiger partial charge in [0.2, 0.25) is 0 Å². The molecule has 0 amide bonds. The Morgan fingerprint density at radius 2 is 2.10 bits per heavy atom. The lowest BCUT2D eigenvalue weighted by Gasteiger charge is -2.28. The summed E-state index contributed by atoms with van der Waals surface area (Å²) in [5.41, 5.74) is 4.89. The predicted octanol–water partition coefficient (Wildman–Crippen LogP) is 3.75. The number of carbonyl (C=O) groups is 1. The number of rotatable bonds is 7. The van der Waals surface area contributed by atoms with Crippen LogP contribution in [0.2, 0.25) is 0 Å². The first-order valence-electron chi connectivity index (χ1n) is 9.83. The van der Waals surface area contributed by atoms with Crippen LogP contribution in [0.15, 0.2) is 37.1 Å². The number of halogens is 3. The Hall–Kier alpha value is -2.72. The van der Waals surface area contributed by atoms with Crippen LogP contribution in [0.25, 0.3) is 0 Å². The fourth-order valence-corrected chi connectivity index (χ4v) is 3.21. The minimum atomic E-state index is -5.08. The Bertz CT molecular complexity index is 867. The molecule has 0 spiro atoms. The normalized spacial score (nSPS) is 14.0. The molecule has 0 atom stereocenters. The number of pyridine rings is 1. The Kier molecular flexibility index (Phi) is 8.76. The number of fused-ring (bicyclic) bond motifs is 1. The Balaban J connectivity index is 0.000000423. The molecule has 3 rings (SSSR count). The fraction of sp³-hybridized carbons (Fsp3) is 0.476. The van der Waals surface area contributed by atoms with E-state index in [1.807, 2.05) is 18.3 Å². The molecule has 1 aliphatic rings. The number of carboxylic acid groups (broad SMARTS) is 1. The van der Waals surface area contributed by atoms with E-state index in [1.165, 1.54) is 11.3 Å². The highest BCUT2D eigenvalue weighted by molar-refractivity contribution is 5.73. The van der Waals surface area contributed by atoms with Crippen molar-refractivity contribution in [3.63, 3.8) is 0 Å². The van der Waals surface area contributed by atoms with Crippen LogP contribution >= 0.6 is 0 Å². The van der Waals surface area contributed by atoms with Crippen LogP contribution in [0, 0.1) is 0 Å². The molecule has 2 aromatic rings. The summed E-state index contributed by atoms with van der Waals surface area (Å²) in [6.45, 7) is 12.0. The summed E-state index contributed by atoms with van der Waals surface area (Å²) in [5, 5.41) is 11.9. The van der Waals surface area contributed by atoms with Crippen LogP contribution in [0.3, 0.4) is 0 Å². The van der Waals surface area contributed by atoms with Crippen molar-refractivity contribution in [1.82, 2.24) is 19.7 Å². The first-order chi connectivity index (χ1) is 14.6. The zero-order chi connectivity index (χ0) is 23.0. The summed E-state index contributed by atoms with van der Waals surface area (Å²) in [6, 6.07) is 6.44. The van der Waals surface area contributed by atoms with Gasteiger partial charge in [0.1, 0.15) is 0 Å². The van der Waals surface area contributed by atoms with Crippen LogP contribution in [-0.4, -0.2) is 50.1 Å². The molecule has 10 heteroatoms. The number of hydrogen-bond acceptors (Lipinski definition) is 5. The van der Waals surface area contributed by atoms with Crippen molar-refractivity contribution in [2.24, 2.45) is 0 Å². The van der Waals surface area contributed by atoms with E-state index < -0.39 is 12.1 Å². The number of aliphatic carboxylic acids is 1. The summed E-state index contributed by atoms with van der Waals surface area (Å²) >= 11 is 0. The van der Waals surface area contributed by atoms with Crippen molar-refractivity contribution in [2.45, 2.75) is 52.2 Å². The van der Waals surface area contributed by atoms with E-state index in [1.54, 1.807) is 6.08 Å². The third-order valence-corrected chi connectivity index (χ3v) is 4.57. The predicted molar refractivity (Wildman–Crippen MR) is 108 cm³/mol. The lowest BCUT2D eigenvalue weighted by atomic mass is 10.0. The molecule has 170 valence electrons. The quantitative estimate of drug-likeness (QED) is 0.522. The Morgan fingerprint density at radius 3 is 2.65 bits per heavy atom. The summed E-state index contributed by atoms with van der Waals surface area (Å²) in [4.78, 5) is 15.8. The third-order valence-electron chi connectivity index (χ3n) is 4.57. The highest BCUT2D eigenvalue weighted by Gasteiger charge is 2.38. The van der Waals surface area contributed by atoms with Gasteiger partial charge in [0.15, 0.2) is 0 Å². The first kappa shape index (κ1) is 24.5. The van der Waals surface area contributed by atoms with Crippen LogP contribution in [0.1, 0.15) is 42.5 Å². The van der Waals surface area contributed by atoms with Crippen LogP contribution in [0.4, 0.5) is 13.2 Å². The van der Waals surface area contributed by atoms with E-state index in [0.29, 0.717) is 19.3 Å². The monoisotopic (exact) mass is 440 g/mol.